The largest absolute Gasteiger partial charge is 0.508 e. The average Bonchev–Trinajstić information content (AvgIpc) is 3.66. The molecule has 52 heavy (non-hydrogen) atoms. The topological polar surface area (TPSA) is 127 Å². The predicted molar refractivity (Wildman–Crippen MR) is 198 cm³/mol. The van der Waals surface area contributed by atoms with E-state index in [1.807, 2.05) is 49.4 Å². The van der Waals surface area contributed by atoms with Crippen LogP contribution in [0.4, 0.5) is 0 Å². The Kier molecular flexibility index (Phi) is 10.8. The number of aliphatic hydroxyl groups is 2. The smallest absolute Gasteiger partial charge is 0.128 e. The first kappa shape index (κ1) is 35.9. The van der Waals surface area contributed by atoms with Crippen LogP contribution < -0.4 is 18.9 Å². The van der Waals surface area contributed by atoms with E-state index in [-0.39, 0.29) is 24.2 Å². The van der Waals surface area contributed by atoms with Gasteiger partial charge in [0.1, 0.15) is 40.6 Å². The van der Waals surface area contributed by atoms with Gasteiger partial charge in [-0.25, -0.2) is 0 Å². The number of hydrogen-bond acceptors (Lipinski definition) is 9. The fourth-order valence-corrected chi connectivity index (χ4v) is 8.39. The first-order chi connectivity index (χ1) is 25.3. The summed E-state index contributed by atoms with van der Waals surface area (Å²) in [5.74, 6) is 1.83. The van der Waals surface area contributed by atoms with Crippen molar-refractivity contribution in [1.82, 2.24) is 0 Å². The second-order valence-electron chi connectivity index (χ2n) is 14.4. The number of aliphatic hydroxyl groups excluding tert-OH is 2. The zero-order valence-corrected chi connectivity index (χ0v) is 30.2. The lowest BCUT2D eigenvalue weighted by molar-refractivity contribution is -0.0889. The highest BCUT2D eigenvalue weighted by molar-refractivity contribution is 5.72. The van der Waals surface area contributed by atoms with Crippen LogP contribution in [0.5, 0.6) is 34.5 Å². The van der Waals surface area contributed by atoms with Crippen LogP contribution in [0.15, 0.2) is 66.7 Å². The van der Waals surface area contributed by atoms with Gasteiger partial charge in [0.2, 0.25) is 0 Å². The Bertz CT molecular complexity index is 1870. The lowest BCUT2D eigenvalue weighted by Gasteiger charge is -2.45. The van der Waals surface area contributed by atoms with Gasteiger partial charge in [-0.05, 0) is 122 Å². The number of benzene rings is 4. The van der Waals surface area contributed by atoms with Crippen molar-refractivity contribution < 1.29 is 44.1 Å². The Morgan fingerprint density at radius 1 is 0.827 bits per heavy atom. The molecule has 1 saturated carbocycles. The molecule has 4 aromatic rings. The zero-order chi connectivity index (χ0) is 36.4. The van der Waals surface area contributed by atoms with Crippen molar-refractivity contribution in [2.24, 2.45) is 11.8 Å². The number of rotatable bonds is 12. The molecule has 4 N–H and O–H groups in total. The molecular weight excluding hydrogens is 660 g/mol. The third kappa shape index (κ3) is 7.27. The molecule has 2 aliphatic heterocycles. The zero-order valence-electron chi connectivity index (χ0n) is 30.2. The Balaban J connectivity index is 1.29. The van der Waals surface area contributed by atoms with Crippen LogP contribution in [-0.2, 0) is 17.6 Å². The Hall–Kier alpha value is -4.44. The summed E-state index contributed by atoms with van der Waals surface area (Å²) in [7, 11) is 3.26. The van der Waals surface area contributed by atoms with Gasteiger partial charge in [0, 0.05) is 48.7 Å². The average molecular weight is 711 g/mol. The van der Waals surface area contributed by atoms with Crippen molar-refractivity contribution in [3.05, 3.63) is 94.5 Å². The molecule has 0 aromatic heterocycles. The number of hydrogen-bond donors (Lipinski definition) is 4. The van der Waals surface area contributed by atoms with Gasteiger partial charge in [-0.3, -0.25) is 0 Å². The minimum absolute atomic E-state index is 0.0873. The van der Waals surface area contributed by atoms with E-state index in [4.69, 9.17) is 23.7 Å². The maximum atomic E-state index is 12.4. The van der Waals surface area contributed by atoms with E-state index in [1.165, 1.54) is 0 Å². The fraction of sp³-hybridized carbons (Fsp3) is 0.442. The maximum Gasteiger partial charge on any atom is 0.128 e. The van der Waals surface area contributed by atoms with Crippen molar-refractivity contribution in [3.8, 4) is 45.6 Å². The molecule has 9 heteroatoms. The normalized spacial score (nSPS) is 22.6. The number of phenols is 2. The number of aromatic hydroxyl groups is 2. The molecule has 0 spiro atoms. The monoisotopic (exact) mass is 710 g/mol. The molecule has 5 atom stereocenters. The van der Waals surface area contributed by atoms with Gasteiger partial charge < -0.3 is 44.1 Å². The molecule has 0 radical (unpaired) electrons. The molecule has 7 rings (SSSR count). The first-order valence-electron chi connectivity index (χ1n) is 18.6. The van der Waals surface area contributed by atoms with Crippen LogP contribution >= 0.6 is 0 Å². The Morgan fingerprint density at radius 3 is 2.38 bits per heavy atom. The molecule has 4 aromatic carbocycles. The molecule has 0 bridgehead atoms. The summed E-state index contributed by atoms with van der Waals surface area (Å²) in [6.07, 6.45) is 4.33. The van der Waals surface area contributed by atoms with Gasteiger partial charge >= 0.3 is 0 Å². The molecule has 3 aliphatic rings. The summed E-state index contributed by atoms with van der Waals surface area (Å²) in [5, 5.41) is 45.8. The van der Waals surface area contributed by atoms with E-state index in [2.05, 4.69) is 0 Å². The maximum absolute atomic E-state index is 12.4. The van der Waals surface area contributed by atoms with E-state index in [0.717, 1.165) is 59.9 Å². The highest BCUT2D eigenvalue weighted by Crippen LogP contribution is 2.51. The summed E-state index contributed by atoms with van der Waals surface area (Å²) in [6.45, 7) is 2.71. The lowest BCUT2D eigenvalue weighted by atomic mass is 9.72. The number of methoxy groups -OCH3 is 2. The predicted octanol–water partition coefficient (Wildman–Crippen LogP) is 7.83. The number of phenolic OH excluding ortho intramolecular Hbond substituents is 2. The quantitative estimate of drug-likeness (QED) is 0.109. The first-order valence-corrected chi connectivity index (χ1v) is 18.6. The number of ether oxygens (including phenoxy) is 5. The highest BCUT2D eigenvalue weighted by atomic mass is 16.5. The van der Waals surface area contributed by atoms with E-state index in [1.54, 1.807) is 38.5 Å². The molecule has 276 valence electrons. The van der Waals surface area contributed by atoms with Crippen molar-refractivity contribution in [2.45, 2.75) is 82.7 Å². The molecule has 9 nitrogen and oxygen atoms in total. The minimum Gasteiger partial charge on any atom is -0.508 e. The van der Waals surface area contributed by atoms with Gasteiger partial charge in [-0.1, -0.05) is 19.1 Å². The van der Waals surface area contributed by atoms with Gasteiger partial charge in [-0.15, -0.1) is 0 Å². The van der Waals surface area contributed by atoms with Crippen LogP contribution in [-0.4, -0.2) is 60.1 Å². The molecule has 1 fully saturated rings. The van der Waals surface area contributed by atoms with E-state index >= 15 is 0 Å². The molecule has 0 unspecified atom stereocenters. The van der Waals surface area contributed by atoms with Gasteiger partial charge in [0.25, 0.3) is 0 Å². The summed E-state index contributed by atoms with van der Waals surface area (Å²) in [5.41, 5.74) is 5.44. The Labute approximate surface area is 305 Å². The summed E-state index contributed by atoms with van der Waals surface area (Å²) < 4.78 is 30.6. The van der Waals surface area contributed by atoms with Crippen LogP contribution in [0, 0.1) is 11.8 Å². The SMILES string of the molecule is CCc1cc(-c2cccc(O)c2)c(Cc2cc(OC3CCCC3)cc3c2OC[C@H]([C@H]2[C@@H](CCCOC)Oc4ccc(OC)cc4[C@@H]2O)[C@@H]3O)cc1O. The summed E-state index contributed by atoms with van der Waals surface area (Å²) >= 11 is 0. The van der Waals surface area contributed by atoms with Crippen molar-refractivity contribution in [3.63, 3.8) is 0 Å². The van der Waals surface area contributed by atoms with Crippen molar-refractivity contribution in [1.29, 1.82) is 0 Å². The third-order valence-corrected chi connectivity index (χ3v) is 11.1. The molecule has 2 heterocycles. The second-order valence-corrected chi connectivity index (χ2v) is 14.4. The van der Waals surface area contributed by atoms with Gasteiger partial charge in [0.15, 0.2) is 0 Å². The van der Waals surface area contributed by atoms with Gasteiger partial charge in [-0.2, -0.15) is 0 Å². The molecular formula is C43H50O9. The van der Waals surface area contributed by atoms with E-state index < -0.39 is 30.1 Å². The highest BCUT2D eigenvalue weighted by Gasteiger charge is 2.47. The molecule has 0 saturated heterocycles. The second kappa shape index (κ2) is 15.7. The fourth-order valence-electron chi connectivity index (χ4n) is 8.39. The van der Waals surface area contributed by atoms with Crippen molar-refractivity contribution in [2.75, 3.05) is 27.4 Å². The Morgan fingerprint density at radius 2 is 1.63 bits per heavy atom. The van der Waals surface area contributed by atoms with Crippen LogP contribution in [0.3, 0.4) is 0 Å². The summed E-state index contributed by atoms with van der Waals surface area (Å²) in [4.78, 5) is 0. The third-order valence-electron chi connectivity index (χ3n) is 11.1. The number of aryl methyl sites for hydroxylation is 1. The molecule has 1 aliphatic carbocycles. The van der Waals surface area contributed by atoms with Crippen LogP contribution in [0.1, 0.15) is 85.5 Å². The van der Waals surface area contributed by atoms with Gasteiger partial charge in [0.05, 0.1) is 32.0 Å². The number of fused-ring (bicyclic) bond motifs is 2. The minimum atomic E-state index is -0.989. The van der Waals surface area contributed by atoms with E-state index in [0.29, 0.717) is 60.0 Å². The standard InChI is InChI=1S/C43H50O9/c1-4-25-20-33(26-9-7-10-29(44)18-26)27(21-37(25)45)17-28-19-32(51-30-11-5-6-12-30)23-35-41(46)36(24-50-43(28)35)40-39(13-8-16-48-2)52-38-15-14-31(49-3)22-34(38)42(40)47/h7,9-10,14-15,18-23,30,36,39-42,44-47H,4-6,8,11-13,16-17,24H2,1-3H3/t36-,39-,40+,41-,42+/m1/s1. The van der Waals surface area contributed by atoms with E-state index in [9.17, 15) is 20.4 Å². The van der Waals surface area contributed by atoms with Crippen molar-refractivity contribution >= 4 is 0 Å². The van der Waals surface area contributed by atoms with Crippen LogP contribution in [0.25, 0.3) is 11.1 Å². The molecule has 0 amide bonds. The summed E-state index contributed by atoms with van der Waals surface area (Å²) in [6, 6.07) is 20.2. The lowest BCUT2D eigenvalue weighted by Crippen LogP contribution is -2.46. The van der Waals surface area contributed by atoms with Crippen LogP contribution in [0.2, 0.25) is 0 Å².